The van der Waals surface area contributed by atoms with Crippen LogP contribution in [0.2, 0.25) is 0 Å². The Bertz CT molecular complexity index is 1360. The van der Waals surface area contributed by atoms with Crippen LogP contribution in [0.4, 0.5) is 5.82 Å². The summed E-state index contributed by atoms with van der Waals surface area (Å²) in [5.74, 6) is 1.94. The van der Waals surface area contributed by atoms with Gasteiger partial charge in [-0.1, -0.05) is 32.0 Å². The van der Waals surface area contributed by atoms with Gasteiger partial charge in [-0.15, -0.1) is 0 Å². The number of ether oxygens (including phenoxy) is 1. The van der Waals surface area contributed by atoms with E-state index >= 15 is 0 Å². The number of nitrogen functional groups attached to an aromatic ring is 1. The van der Waals surface area contributed by atoms with Crippen LogP contribution in [0.25, 0.3) is 22.3 Å². The van der Waals surface area contributed by atoms with E-state index in [2.05, 4.69) is 15.3 Å². The third-order valence-electron chi connectivity index (χ3n) is 7.03. The van der Waals surface area contributed by atoms with E-state index in [0.29, 0.717) is 5.82 Å². The van der Waals surface area contributed by atoms with Gasteiger partial charge in [-0.25, -0.2) is 14.6 Å². The quantitative estimate of drug-likeness (QED) is 0.342. The Morgan fingerprint density at radius 3 is 2.35 bits per heavy atom. The number of nitrogens with zero attached hydrogens (tertiary/aromatic N) is 4. The van der Waals surface area contributed by atoms with Gasteiger partial charge < -0.3 is 21.5 Å². The molecule has 9 nitrogen and oxygen atoms in total. The Morgan fingerprint density at radius 2 is 1.68 bits per heavy atom. The Morgan fingerprint density at radius 1 is 1.00 bits per heavy atom. The Labute approximate surface area is 216 Å². The number of nitrogens with two attached hydrogens (primary N) is 2. The van der Waals surface area contributed by atoms with Crippen LogP contribution in [0, 0.1) is 5.92 Å². The topological polar surface area (TPSA) is 134 Å². The summed E-state index contributed by atoms with van der Waals surface area (Å²) in [5.41, 5.74) is 14.7. The van der Waals surface area contributed by atoms with E-state index in [-0.39, 0.29) is 23.9 Å². The van der Waals surface area contributed by atoms with Crippen LogP contribution in [0.15, 0.2) is 60.9 Å². The molecule has 1 amide bonds. The number of carbonyl (C=O) groups excluding carboxylic acids is 1. The van der Waals surface area contributed by atoms with Crippen LogP contribution in [-0.4, -0.2) is 37.7 Å². The number of para-hydroxylation sites is 1. The molecule has 1 fully saturated rings. The standard InChI is InChI=1S/C28H33N7O2/c1-17(2)24(29)28(36)33-19-10-12-20(13-11-19)35-27-23(26(30)31-16-32-27)25(34-35)18-8-14-22(15-9-18)37-21-6-4-3-5-7-21/h3-9,14-17,19-20,24H,10-13,29H2,1-2H3,(H,33,36)(H2,30,31,32). The maximum Gasteiger partial charge on any atom is 0.237 e. The van der Waals surface area contributed by atoms with E-state index < -0.39 is 6.04 Å². The molecule has 2 aromatic carbocycles. The average molecular weight is 500 g/mol. The highest BCUT2D eigenvalue weighted by Crippen LogP contribution is 2.36. The number of aromatic nitrogens is 4. The van der Waals surface area contributed by atoms with E-state index in [1.807, 2.05) is 73.1 Å². The number of rotatable bonds is 7. The van der Waals surface area contributed by atoms with Crippen molar-refractivity contribution in [1.82, 2.24) is 25.1 Å². The lowest BCUT2D eigenvalue weighted by atomic mass is 9.90. The molecule has 1 aliphatic rings. The number of anilines is 1. The second kappa shape index (κ2) is 10.6. The van der Waals surface area contributed by atoms with Crippen molar-refractivity contribution in [2.75, 3.05) is 5.73 Å². The smallest absolute Gasteiger partial charge is 0.237 e. The van der Waals surface area contributed by atoms with Gasteiger partial charge in [-0.3, -0.25) is 4.79 Å². The van der Waals surface area contributed by atoms with Crippen molar-refractivity contribution in [3.63, 3.8) is 0 Å². The predicted octanol–water partition coefficient (Wildman–Crippen LogP) is 4.45. The molecular weight excluding hydrogens is 466 g/mol. The molecule has 1 aliphatic carbocycles. The highest BCUT2D eigenvalue weighted by molar-refractivity contribution is 5.98. The van der Waals surface area contributed by atoms with Crippen LogP contribution in [0.1, 0.15) is 45.6 Å². The monoisotopic (exact) mass is 499 g/mol. The molecule has 5 rings (SSSR count). The fraction of sp³-hybridized carbons (Fsp3) is 0.357. The van der Waals surface area contributed by atoms with Gasteiger partial charge in [0.1, 0.15) is 29.3 Å². The van der Waals surface area contributed by atoms with Gasteiger partial charge in [-0.2, -0.15) is 5.10 Å². The van der Waals surface area contributed by atoms with Crippen LogP contribution >= 0.6 is 0 Å². The molecule has 0 saturated heterocycles. The molecule has 5 N–H and O–H groups in total. The van der Waals surface area contributed by atoms with Gasteiger partial charge in [0.15, 0.2) is 5.65 Å². The minimum Gasteiger partial charge on any atom is -0.457 e. The minimum absolute atomic E-state index is 0.0783. The van der Waals surface area contributed by atoms with Gasteiger partial charge in [0, 0.05) is 11.6 Å². The summed E-state index contributed by atoms with van der Waals surface area (Å²) in [6.07, 6.45) is 4.92. The van der Waals surface area contributed by atoms with Crippen molar-refractivity contribution in [2.24, 2.45) is 11.7 Å². The molecule has 0 radical (unpaired) electrons. The van der Waals surface area contributed by atoms with Crippen molar-refractivity contribution >= 4 is 22.8 Å². The first kappa shape index (κ1) is 24.7. The van der Waals surface area contributed by atoms with E-state index in [0.717, 1.165) is 59.5 Å². The summed E-state index contributed by atoms with van der Waals surface area (Å²) in [5, 5.41) is 8.85. The largest absolute Gasteiger partial charge is 0.457 e. The molecule has 37 heavy (non-hydrogen) atoms. The molecule has 0 bridgehead atoms. The molecule has 0 aliphatic heterocycles. The Hall–Kier alpha value is -3.98. The van der Waals surface area contributed by atoms with Gasteiger partial charge >= 0.3 is 0 Å². The Kier molecular flexibility index (Phi) is 7.05. The molecule has 1 saturated carbocycles. The first-order valence-electron chi connectivity index (χ1n) is 12.8. The lowest BCUT2D eigenvalue weighted by Crippen LogP contribution is -2.48. The molecule has 2 aromatic heterocycles. The molecule has 1 atom stereocenters. The number of hydrogen-bond acceptors (Lipinski definition) is 7. The third-order valence-corrected chi connectivity index (χ3v) is 7.03. The predicted molar refractivity (Wildman–Crippen MR) is 144 cm³/mol. The van der Waals surface area contributed by atoms with Gasteiger partial charge in [-0.05, 0) is 68.0 Å². The zero-order valence-corrected chi connectivity index (χ0v) is 21.2. The fourth-order valence-electron chi connectivity index (χ4n) is 4.82. The molecule has 4 aromatic rings. The van der Waals surface area contributed by atoms with Crippen LogP contribution in [0.5, 0.6) is 11.5 Å². The van der Waals surface area contributed by atoms with Crippen molar-refractivity contribution in [3.05, 3.63) is 60.9 Å². The minimum atomic E-state index is -0.487. The SMILES string of the molecule is CC(C)C(N)C(=O)NC1CCC(n2nc(-c3ccc(Oc4ccccc4)cc3)c3c(N)ncnc32)CC1. The molecule has 0 spiro atoms. The highest BCUT2D eigenvalue weighted by Gasteiger charge is 2.29. The zero-order chi connectivity index (χ0) is 25.9. The van der Waals surface area contributed by atoms with Crippen molar-refractivity contribution in [2.45, 2.75) is 57.7 Å². The molecular formula is C28H33N7O2. The second-order valence-electron chi connectivity index (χ2n) is 9.97. The number of amides is 1. The summed E-state index contributed by atoms with van der Waals surface area (Å²) in [4.78, 5) is 21.2. The number of hydrogen-bond donors (Lipinski definition) is 3. The summed E-state index contributed by atoms with van der Waals surface area (Å²) in [6, 6.07) is 17.2. The summed E-state index contributed by atoms with van der Waals surface area (Å²) >= 11 is 0. The Balaban J connectivity index is 1.35. The van der Waals surface area contributed by atoms with Gasteiger partial charge in [0.25, 0.3) is 0 Å². The van der Waals surface area contributed by atoms with Gasteiger partial charge in [0.05, 0.1) is 17.5 Å². The van der Waals surface area contributed by atoms with E-state index in [1.54, 1.807) is 0 Å². The van der Waals surface area contributed by atoms with Crippen molar-refractivity contribution < 1.29 is 9.53 Å². The lowest BCUT2D eigenvalue weighted by molar-refractivity contribution is -0.124. The number of fused-ring (bicyclic) bond motifs is 1. The van der Waals surface area contributed by atoms with E-state index in [4.69, 9.17) is 21.3 Å². The second-order valence-corrected chi connectivity index (χ2v) is 9.97. The lowest BCUT2D eigenvalue weighted by Gasteiger charge is -2.30. The van der Waals surface area contributed by atoms with Crippen molar-refractivity contribution in [3.8, 4) is 22.8 Å². The summed E-state index contributed by atoms with van der Waals surface area (Å²) < 4.78 is 7.91. The summed E-state index contributed by atoms with van der Waals surface area (Å²) in [7, 11) is 0. The maximum atomic E-state index is 12.4. The maximum absolute atomic E-state index is 12.4. The van der Waals surface area contributed by atoms with Crippen molar-refractivity contribution in [1.29, 1.82) is 0 Å². The number of benzene rings is 2. The van der Waals surface area contributed by atoms with Gasteiger partial charge in [0.2, 0.25) is 5.91 Å². The van der Waals surface area contributed by atoms with Crippen LogP contribution in [0.3, 0.4) is 0 Å². The molecule has 192 valence electrons. The molecule has 1 unspecified atom stereocenters. The zero-order valence-electron chi connectivity index (χ0n) is 21.2. The molecule has 2 heterocycles. The third kappa shape index (κ3) is 5.27. The number of carbonyl (C=O) groups is 1. The highest BCUT2D eigenvalue weighted by atomic mass is 16.5. The average Bonchev–Trinajstić information content (AvgIpc) is 3.30. The first-order chi connectivity index (χ1) is 17.9. The van der Waals surface area contributed by atoms with E-state index in [1.165, 1.54) is 6.33 Å². The normalized spacial score (nSPS) is 18.6. The van der Waals surface area contributed by atoms with Crippen LogP contribution in [-0.2, 0) is 4.79 Å². The van der Waals surface area contributed by atoms with E-state index in [9.17, 15) is 4.79 Å². The first-order valence-corrected chi connectivity index (χ1v) is 12.8. The van der Waals surface area contributed by atoms with Crippen LogP contribution < -0.4 is 21.5 Å². The fourth-order valence-corrected chi connectivity index (χ4v) is 4.82. The number of nitrogens with one attached hydrogen (secondary N) is 1. The molecule has 9 heteroatoms. The summed E-state index contributed by atoms with van der Waals surface area (Å²) in [6.45, 7) is 3.91.